The van der Waals surface area contributed by atoms with Crippen molar-refractivity contribution in [1.29, 1.82) is 5.26 Å². The molecule has 1 aromatic heterocycles. The van der Waals surface area contributed by atoms with Crippen LogP contribution in [-0.4, -0.2) is 30.0 Å². The van der Waals surface area contributed by atoms with Crippen molar-refractivity contribution in [2.75, 3.05) is 13.7 Å². The van der Waals surface area contributed by atoms with Gasteiger partial charge in [0.2, 0.25) is 11.8 Å². The number of hydrogen-bond donors (Lipinski definition) is 1. The fraction of sp³-hybridized carbons (Fsp3) is 0.400. The number of carbonyl (C=O) groups is 1. The van der Waals surface area contributed by atoms with Gasteiger partial charge < -0.3 is 14.8 Å². The Bertz CT molecular complexity index is 750. The number of benzene rings is 1. The monoisotopic (exact) mass is 317 g/mol. The average Bonchev–Trinajstić information content (AvgIpc) is 3.12. The second-order valence-corrected chi connectivity index (χ2v) is 5.89. The molecule has 2 aromatic rings. The summed E-state index contributed by atoms with van der Waals surface area (Å²) in [5.41, 5.74) is 0.485. The van der Waals surface area contributed by atoms with Gasteiger partial charge >= 0.3 is 0 Å². The van der Waals surface area contributed by atoms with Crippen LogP contribution < -0.4 is 14.8 Å². The van der Waals surface area contributed by atoms with Gasteiger partial charge in [-0.3, -0.25) is 4.79 Å². The van der Waals surface area contributed by atoms with Crippen molar-refractivity contribution in [2.45, 2.75) is 25.3 Å². The van der Waals surface area contributed by atoms with Crippen LogP contribution in [0.1, 0.15) is 24.8 Å². The van der Waals surface area contributed by atoms with Gasteiger partial charge in [0.05, 0.1) is 29.4 Å². The number of rotatable bonds is 5. The van der Waals surface area contributed by atoms with Gasteiger partial charge in [0.1, 0.15) is 11.8 Å². The van der Waals surface area contributed by atoms with Gasteiger partial charge in [-0.15, -0.1) is 0 Å². The van der Waals surface area contributed by atoms with Crippen molar-refractivity contribution < 1.29 is 14.3 Å². The predicted molar refractivity (Wildman–Crippen MR) is 82.2 cm³/mol. The van der Waals surface area contributed by atoms with Gasteiger partial charge in [-0.2, -0.15) is 9.64 Å². The van der Waals surface area contributed by atoms with E-state index in [4.69, 9.17) is 14.7 Å². The lowest BCUT2D eigenvalue weighted by molar-refractivity contribution is -0.119. The predicted octanol–water partition coefficient (Wildman–Crippen LogP) is 2.22. The summed E-state index contributed by atoms with van der Waals surface area (Å²) in [5, 5.41) is 12.8. The Morgan fingerprint density at radius 2 is 2.41 bits per heavy atom. The smallest absolute Gasteiger partial charge is 0.233 e. The number of aromatic nitrogens is 1. The Morgan fingerprint density at radius 1 is 1.55 bits per heavy atom. The Balaban J connectivity index is 1.71. The quantitative estimate of drug-likeness (QED) is 0.914. The van der Waals surface area contributed by atoms with Crippen LogP contribution in [0.2, 0.25) is 0 Å². The van der Waals surface area contributed by atoms with E-state index < -0.39 is 0 Å². The number of carbonyl (C=O) groups excluding carboxylic acids is 1. The summed E-state index contributed by atoms with van der Waals surface area (Å²) in [7, 11) is 1.53. The van der Waals surface area contributed by atoms with Gasteiger partial charge in [0, 0.05) is 18.9 Å². The average molecular weight is 317 g/mol. The zero-order valence-electron chi connectivity index (χ0n) is 12.1. The lowest BCUT2D eigenvalue weighted by atomic mass is 10.1. The van der Waals surface area contributed by atoms with Crippen molar-refractivity contribution in [1.82, 2.24) is 9.69 Å². The normalized spacial score (nSPS) is 17.3. The van der Waals surface area contributed by atoms with Gasteiger partial charge in [-0.1, -0.05) is 0 Å². The number of methoxy groups -OCH3 is 1. The number of fused-ring (bicyclic) bond motifs is 1. The van der Waals surface area contributed by atoms with Gasteiger partial charge in [0.25, 0.3) is 0 Å². The first-order valence-corrected chi connectivity index (χ1v) is 7.78. The molecular formula is C15H15N3O3S. The summed E-state index contributed by atoms with van der Waals surface area (Å²) in [5.74, 6) is 1.17. The van der Waals surface area contributed by atoms with Crippen LogP contribution in [-0.2, 0) is 4.79 Å². The Morgan fingerprint density at radius 3 is 3.09 bits per heavy atom. The molecule has 1 atom stereocenters. The number of ether oxygens (including phenoxy) is 2. The zero-order valence-corrected chi connectivity index (χ0v) is 12.9. The lowest BCUT2D eigenvalue weighted by Crippen LogP contribution is -2.26. The molecule has 0 bridgehead atoms. The maximum Gasteiger partial charge on any atom is 0.233 e. The molecule has 0 unspecified atom stereocenters. The zero-order chi connectivity index (χ0) is 15.5. The number of nitrogens with one attached hydrogen (secondary N) is 1. The van der Waals surface area contributed by atoms with E-state index in [0.717, 1.165) is 22.9 Å². The Labute approximate surface area is 131 Å². The van der Waals surface area contributed by atoms with Crippen molar-refractivity contribution in [2.24, 2.45) is 0 Å². The molecule has 7 heteroatoms. The molecule has 2 heterocycles. The Hall–Kier alpha value is -2.33. The van der Waals surface area contributed by atoms with E-state index >= 15 is 0 Å². The molecule has 6 nitrogen and oxygen atoms in total. The number of nitriles is 1. The molecule has 1 aromatic carbocycles. The molecule has 0 saturated carbocycles. The number of nitrogens with zero attached hydrogens (tertiary/aromatic N) is 2. The highest BCUT2D eigenvalue weighted by molar-refractivity contribution is 7.13. The number of amides is 1. The van der Waals surface area contributed by atoms with Crippen molar-refractivity contribution >= 4 is 27.5 Å². The minimum Gasteiger partial charge on any atom is -0.495 e. The van der Waals surface area contributed by atoms with Crippen LogP contribution in [0.3, 0.4) is 0 Å². The lowest BCUT2D eigenvalue weighted by Gasteiger charge is -2.10. The van der Waals surface area contributed by atoms with Crippen molar-refractivity contribution in [3.8, 4) is 17.7 Å². The van der Waals surface area contributed by atoms with E-state index in [1.807, 2.05) is 0 Å². The summed E-state index contributed by atoms with van der Waals surface area (Å²) in [6.45, 7) is 0.492. The topological polar surface area (TPSA) is 84.2 Å². The highest BCUT2D eigenvalue weighted by Gasteiger charge is 2.20. The molecule has 3 rings (SSSR count). The molecule has 1 saturated heterocycles. The Kier molecular flexibility index (Phi) is 4.11. The fourth-order valence-corrected chi connectivity index (χ4v) is 3.24. The SMILES string of the molecule is COc1cc2c(OCC[C@@H]3CCC(=O)N3)nsc2cc1C#N. The van der Waals surface area contributed by atoms with Crippen LogP contribution in [0.4, 0.5) is 0 Å². The van der Waals surface area contributed by atoms with E-state index in [0.29, 0.717) is 30.2 Å². The van der Waals surface area contributed by atoms with Crippen LogP contribution in [0, 0.1) is 11.3 Å². The molecule has 0 aliphatic carbocycles. The van der Waals surface area contributed by atoms with Gasteiger partial charge in [-0.25, -0.2) is 0 Å². The maximum atomic E-state index is 11.1. The van der Waals surface area contributed by atoms with E-state index in [1.54, 1.807) is 12.1 Å². The number of hydrogen-bond acceptors (Lipinski definition) is 6. The molecule has 0 radical (unpaired) electrons. The third-order valence-corrected chi connectivity index (χ3v) is 4.46. The van der Waals surface area contributed by atoms with Crippen LogP contribution in [0.15, 0.2) is 12.1 Å². The van der Waals surface area contributed by atoms with E-state index in [2.05, 4.69) is 15.8 Å². The molecular weight excluding hydrogens is 302 g/mol. The summed E-state index contributed by atoms with van der Waals surface area (Å²) >= 11 is 1.29. The maximum absolute atomic E-state index is 11.1. The minimum absolute atomic E-state index is 0.109. The second-order valence-electron chi connectivity index (χ2n) is 5.09. The minimum atomic E-state index is 0.109. The van der Waals surface area contributed by atoms with E-state index in [1.165, 1.54) is 18.6 Å². The molecule has 0 spiro atoms. The van der Waals surface area contributed by atoms with Crippen molar-refractivity contribution in [3.05, 3.63) is 17.7 Å². The molecule has 1 aliphatic heterocycles. The van der Waals surface area contributed by atoms with Crippen LogP contribution in [0.5, 0.6) is 11.6 Å². The van der Waals surface area contributed by atoms with Gasteiger partial charge in [-0.05, 0) is 30.1 Å². The largest absolute Gasteiger partial charge is 0.495 e. The second kappa shape index (κ2) is 6.20. The first-order valence-electron chi connectivity index (χ1n) is 7.01. The summed E-state index contributed by atoms with van der Waals surface area (Å²) in [6.07, 6.45) is 2.22. The summed E-state index contributed by atoms with van der Waals surface area (Å²) < 4.78 is 16.1. The summed E-state index contributed by atoms with van der Waals surface area (Å²) in [6, 6.07) is 5.84. The summed E-state index contributed by atoms with van der Waals surface area (Å²) in [4.78, 5) is 11.1. The molecule has 1 fully saturated rings. The van der Waals surface area contributed by atoms with E-state index in [-0.39, 0.29) is 11.9 Å². The third kappa shape index (κ3) is 2.83. The van der Waals surface area contributed by atoms with Crippen LogP contribution in [0.25, 0.3) is 10.1 Å². The van der Waals surface area contributed by atoms with Crippen molar-refractivity contribution in [3.63, 3.8) is 0 Å². The molecule has 1 aliphatic rings. The fourth-order valence-electron chi connectivity index (χ4n) is 2.49. The van der Waals surface area contributed by atoms with Crippen LogP contribution >= 0.6 is 11.5 Å². The van der Waals surface area contributed by atoms with Gasteiger partial charge in [0.15, 0.2) is 0 Å². The molecule has 114 valence electrons. The highest BCUT2D eigenvalue weighted by atomic mass is 32.1. The third-order valence-electron chi connectivity index (χ3n) is 3.67. The first kappa shape index (κ1) is 14.6. The first-order chi connectivity index (χ1) is 10.7. The van der Waals surface area contributed by atoms with E-state index in [9.17, 15) is 4.79 Å². The standard InChI is InChI=1S/C15H15N3O3S/c1-20-12-7-11-13(6-9(12)8-16)22-18-15(11)21-5-4-10-2-3-14(19)17-10/h6-7,10H,2-5H2,1H3,(H,17,19)/t10-/m0/s1. The molecule has 1 N–H and O–H groups in total. The molecule has 22 heavy (non-hydrogen) atoms. The highest BCUT2D eigenvalue weighted by Crippen LogP contribution is 2.34. The molecule has 1 amide bonds.